The van der Waals surface area contributed by atoms with Gasteiger partial charge in [0, 0.05) is 23.5 Å². The topological polar surface area (TPSA) is 62.7 Å². The van der Waals surface area contributed by atoms with Crippen LogP contribution in [0.5, 0.6) is 0 Å². The van der Waals surface area contributed by atoms with Gasteiger partial charge in [0.1, 0.15) is 5.82 Å². The van der Waals surface area contributed by atoms with Crippen LogP contribution in [0.25, 0.3) is 11.3 Å². The van der Waals surface area contributed by atoms with Gasteiger partial charge in [-0.25, -0.2) is 4.98 Å². The van der Waals surface area contributed by atoms with E-state index >= 15 is 0 Å². The molecule has 0 fully saturated rings. The third-order valence-corrected chi connectivity index (χ3v) is 4.36. The van der Waals surface area contributed by atoms with E-state index in [4.69, 9.17) is 4.98 Å². The van der Waals surface area contributed by atoms with Gasteiger partial charge in [0.15, 0.2) is 0 Å². The zero-order valence-electron chi connectivity index (χ0n) is 15.6. The van der Waals surface area contributed by atoms with Gasteiger partial charge in [-0.15, -0.1) is 0 Å². The van der Waals surface area contributed by atoms with Gasteiger partial charge in [0.05, 0.1) is 17.9 Å². The summed E-state index contributed by atoms with van der Waals surface area (Å²) in [4.78, 5) is 13.7. The van der Waals surface area contributed by atoms with Crippen molar-refractivity contribution >= 4 is 17.5 Å². The first-order valence-electron chi connectivity index (χ1n) is 9.19. The summed E-state index contributed by atoms with van der Waals surface area (Å²) in [5.41, 5.74) is 4.98. The minimum Gasteiger partial charge on any atom is -0.364 e. The highest BCUT2D eigenvalue weighted by atomic mass is 15.1. The number of aryl methyl sites for hydroxylation is 1. The van der Waals surface area contributed by atoms with E-state index in [1.807, 2.05) is 72.8 Å². The number of nitrogens with one attached hydrogen (secondary N) is 2. The SMILES string of the molecule is Cc1ccccc1Nc1nc(NCc2ccccn2)cc(-c2ccccc2)n1. The maximum Gasteiger partial charge on any atom is 0.229 e. The Balaban J connectivity index is 1.65. The Morgan fingerprint density at radius 2 is 1.61 bits per heavy atom. The number of aromatic nitrogens is 3. The standard InChI is InChI=1S/C23H21N5/c1-17-9-5-6-13-20(17)26-23-27-21(18-10-3-2-4-11-18)15-22(28-23)25-16-19-12-7-8-14-24-19/h2-15H,16H2,1H3,(H2,25,26,27,28). The fraction of sp³-hybridized carbons (Fsp3) is 0.0870. The zero-order valence-corrected chi connectivity index (χ0v) is 15.6. The molecule has 0 aliphatic rings. The first-order valence-corrected chi connectivity index (χ1v) is 9.19. The molecule has 0 aliphatic carbocycles. The van der Waals surface area contributed by atoms with E-state index < -0.39 is 0 Å². The highest BCUT2D eigenvalue weighted by Gasteiger charge is 2.08. The summed E-state index contributed by atoms with van der Waals surface area (Å²) in [5, 5.41) is 6.70. The summed E-state index contributed by atoms with van der Waals surface area (Å²) in [7, 11) is 0. The van der Waals surface area contributed by atoms with Gasteiger partial charge < -0.3 is 10.6 Å². The van der Waals surface area contributed by atoms with E-state index in [1.165, 1.54) is 0 Å². The minimum absolute atomic E-state index is 0.555. The molecule has 0 aliphatic heterocycles. The molecule has 2 aromatic heterocycles. The molecule has 0 saturated heterocycles. The Morgan fingerprint density at radius 1 is 0.821 bits per heavy atom. The fourth-order valence-corrected chi connectivity index (χ4v) is 2.87. The van der Waals surface area contributed by atoms with E-state index in [0.29, 0.717) is 12.5 Å². The van der Waals surface area contributed by atoms with Crippen molar-refractivity contribution in [2.45, 2.75) is 13.5 Å². The van der Waals surface area contributed by atoms with Gasteiger partial charge in [-0.1, -0.05) is 54.6 Å². The molecule has 138 valence electrons. The first-order chi connectivity index (χ1) is 13.8. The molecule has 0 atom stereocenters. The zero-order chi connectivity index (χ0) is 19.2. The molecule has 5 heteroatoms. The number of para-hydroxylation sites is 1. The van der Waals surface area contributed by atoms with Crippen LogP contribution in [0.3, 0.4) is 0 Å². The van der Waals surface area contributed by atoms with Crippen LogP contribution >= 0.6 is 0 Å². The van der Waals surface area contributed by atoms with Gasteiger partial charge >= 0.3 is 0 Å². The van der Waals surface area contributed by atoms with Gasteiger partial charge in [-0.05, 0) is 30.7 Å². The molecule has 4 aromatic rings. The molecule has 0 radical (unpaired) electrons. The lowest BCUT2D eigenvalue weighted by molar-refractivity contribution is 1.02. The minimum atomic E-state index is 0.555. The Morgan fingerprint density at radius 3 is 2.39 bits per heavy atom. The third-order valence-electron chi connectivity index (χ3n) is 4.36. The average molecular weight is 367 g/mol. The summed E-state index contributed by atoms with van der Waals surface area (Å²) in [6, 6.07) is 26.0. The number of anilines is 3. The Hall–Kier alpha value is -3.73. The molecule has 0 spiro atoms. The van der Waals surface area contributed by atoms with E-state index in [9.17, 15) is 0 Å². The van der Waals surface area contributed by atoms with Gasteiger partial charge in [0.2, 0.25) is 5.95 Å². The second-order valence-corrected chi connectivity index (χ2v) is 6.44. The molecule has 5 nitrogen and oxygen atoms in total. The van der Waals surface area contributed by atoms with E-state index in [1.54, 1.807) is 6.20 Å². The lowest BCUT2D eigenvalue weighted by atomic mass is 10.1. The number of benzene rings is 2. The first kappa shape index (κ1) is 17.7. The van der Waals surface area contributed by atoms with Crippen molar-refractivity contribution in [3.8, 4) is 11.3 Å². The second kappa shape index (κ2) is 8.31. The monoisotopic (exact) mass is 367 g/mol. The molecule has 0 bridgehead atoms. The Kier molecular flexibility index (Phi) is 5.24. The molecule has 2 heterocycles. The van der Waals surface area contributed by atoms with Gasteiger partial charge in [0.25, 0.3) is 0 Å². The quantitative estimate of drug-likeness (QED) is 0.490. The third kappa shape index (κ3) is 4.32. The van der Waals surface area contributed by atoms with Crippen LogP contribution in [0.15, 0.2) is 85.1 Å². The van der Waals surface area contributed by atoms with Crippen molar-refractivity contribution in [1.29, 1.82) is 0 Å². The summed E-state index contributed by atoms with van der Waals surface area (Å²) in [6.07, 6.45) is 1.79. The predicted molar refractivity (Wildman–Crippen MR) is 113 cm³/mol. The van der Waals surface area contributed by atoms with Gasteiger partial charge in [-0.3, -0.25) is 4.98 Å². The van der Waals surface area contributed by atoms with Crippen molar-refractivity contribution in [2.75, 3.05) is 10.6 Å². The van der Waals surface area contributed by atoms with E-state index in [2.05, 4.69) is 33.6 Å². The summed E-state index contributed by atoms with van der Waals surface area (Å²) >= 11 is 0. The van der Waals surface area contributed by atoms with Gasteiger partial charge in [-0.2, -0.15) is 4.98 Å². The van der Waals surface area contributed by atoms with Crippen molar-refractivity contribution in [1.82, 2.24) is 15.0 Å². The average Bonchev–Trinajstić information content (AvgIpc) is 2.75. The lowest BCUT2D eigenvalue weighted by Gasteiger charge is -2.12. The molecule has 2 N–H and O–H groups in total. The molecule has 28 heavy (non-hydrogen) atoms. The number of pyridine rings is 1. The van der Waals surface area contributed by atoms with Crippen LogP contribution in [-0.4, -0.2) is 15.0 Å². The molecule has 0 saturated carbocycles. The number of hydrogen-bond donors (Lipinski definition) is 2. The molecule has 0 unspecified atom stereocenters. The van der Waals surface area contributed by atoms with Crippen LogP contribution in [0.4, 0.5) is 17.5 Å². The predicted octanol–water partition coefficient (Wildman–Crippen LogP) is 5.20. The van der Waals surface area contributed by atoms with E-state index in [0.717, 1.165) is 34.0 Å². The van der Waals surface area contributed by atoms with E-state index in [-0.39, 0.29) is 0 Å². The highest BCUT2D eigenvalue weighted by Crippen LogP contribution is 2.24. The molecule has 0 amide bonds. The lowest BCUT2D eigenvalue weighted by Crippen LogP contribution is -2.06. The molecular formula is C23H21N5. The number of rotatable bonds is 6. The molecular weight excluding hydrogens is 346 g/mol. The number of nitrogens with zero attached hydrogens (tertiary/aromatic N) is 3. The van der Waals surface area contributed by atoms with Crippen LogP contribution in [0.2, 0.25) is 0 Å². The summed E-state index contributed by atoms with van der Waals surface area (Å²) in [6.45, 7) is 2.65. The smallest absolute Gasteiger partial charge is 0.229 e. The Labute approximate surface area is 164 Å². The van der Waals surface area contributed by atoms with Crippen molar-refractivity contribution in [3.63, 3.8) is 0 Å². The highest BCUT2D eigenvalue weighted by molar-refractivity contribution is 5.67. The van der Waals surface area contributed by atoms with Crippen molar-refractivity contribution in [3.05, 3.63) is 96.3 Å². The van der Waals surface area contributed by atoms with Crippen molar-refractivity contribution < 1.29 is 0 Å². The molecule has 2 aromatic carbocycles. The normalized spacial score (nSPS) is 10.5. The van der Waals surface area contributed by atoms with Crippen LogP contribution in [0, 0.1) is 6.92 Å². The van der Waals surface area contributed by atoms with Crippen molar-refractivity contribution in [2.24, 2.45) is 0 Å². The maximum absolute atomic E-state index is 4.72. The van der Waals surface area contributed by atoms with Crippen LogP contribution < -0.4 is 10.6 Å². The van der Waals surface area contributed by atoms with Crippen LogP contribution in [0.1, 0.15) is 11.3 Å². The molecule has 4 rings (SSSR count). The fourth-order valence-electron chi connectivity index (χ4n) is 2.87. The summed E-state index contributed by atoms with van der Waals surface area (Å²) < 4.78 is 0. The summed E-state index contributed by atoms with van der Waals surface area (Å²) in [5.74, 6) is 1.30. The maximum atomic E-state index is 4.72. The number of hydrogen-bond acceptors (Lipinski definition) is 5. The largest absolute Gasteiger partial charge is 0.364 e. The Bertz CT molecular complexity index is 1050. The second-order valence-electron chi connectivity index (χ2n) is 6.44. The van der Waals surface area contributed by atoms with Crippen LogP contribution in [-0.2, 0) is 6.54 Å².